The molecule has 1 aromatic rings. The van der Waals surface area contributed by atoms with Gasteiger partial charge in [-0.25, -0.2) is 0 Å². The summed E-state index contributed by atoms with van der Waals surface area (Å²) in [6, 6.07) is 7.13. The molecule has 2 fully saturated rings. The predicted octanol–water partition coefficient (Wildman–Crippen LogP) is 4.12. The zero-order valence-corrected chi connectivity index (χ0v) is 21.1. The lowest BCUT2D eigenvalue weighted by molar-refractivity contribution is -0.149. The molecule has 33 heavy (non-hydrogen) atoms. The highest BCUT2D eigenvalue weighted by molar-refractivity contribution is 5.94. The summed E-state index contributed by atoms with van der Waals surface area (Å²) in [4.78, 5) is 27.8. The number of benzene rings is 1. The van der Waals surface area contributed by atoms with Crippen molar-refractivity contribution in [3.63, 3.8) is 0 Å². The van der Waals surface area contributed by atoms with Crippen LogP contribution in [0.2, 0.25) is 0 Å². The van der Waals surface area contributed by atoms with Crippen LogP contribution in [-0.4, -0.2) is 54.2 Å². The molecular weight excluding hydrogens is 416 g/mol. The molecule has 0 aromatic heterocycles. The number of rotatable bonds is 7. The van der Waals surface area contributed by atoms with Crippen molar-refractivity contribution in [3.8, 4) is 5.75 Å². The Morgan fingerprint density at radius 2 is 1.79 bits per heavy atom. The van der Waals surface area contributed by atoms with Gasteiger partial charge >= 0.3 is 0 Å². The van der Waals surface area contributed by atoms with Crippen molar-refractivity contribution in [2.45, 2.75) is 72.4 Å². The number of fused-ring (bicyclic) bond motifs is 1. The highest BCUT2D eigenvalue weighted by atomic mass is 16.5. The Balaban J connectivity index is 1.74. The summed E-state index contributed by atoms with van der Waals surface area (Å²) >= 11 is 0. The van der Waals surface area contributed by atoms with E-state index < -0.39 is 6.10 Å². The molecule has 0 unspecified atom stereocenters. The number of aliphatic hydroxyl groups is 1. The van der Waals surface area contributed by atoms with Crippen molar-refractivity contribution in [1.29, 1.82) is 0 Å². The highest BCUT2D eigenvalue weighted by Crippen LogP contribution is 2.55. The number of methoxy groups -OCH3 is 1. The van der Waals surface area contributed by atoms with Gasteiger partial charge in [0.25, 0.3) is 5.91 Å². The number of aliphatic hydroxyl groups excluding tert-OH is 1. The summed E-state index contributed by atoms with van der Waals surface area (Å²) in [5.74, 6) is 0.696. The van der Waals surface area contributed by atoms with Crippen molar-refractivity contribution in [2.75, 3.05) is 20.2 Å². The highest BCUT2D eigenvalue weighted by Gasteiger charge is 2.54. The molecule has 6 nitrogen and oxygen atoms in total. The van der Waals surface area contributed by atoms with E-state index >= 15 is 0 Å². The maximum absolute atomic E-state index is 13.0. The number of carbonyl (C=O) groups excluding carboxylic acids is 2. The summed E-state index contributed by atoms with van der Waals surface area (Å²) in [5.41, 5.74) is 0.645. The van der Waals surface area contributed by atoms with E-state index in [9.17, 15) is 14.7 Å². The summed E-state index contributed by atoms with van der Waals surface area (Å²) in [6.07, 6.45) is 3.21. The number of hydrogen-bond acceptors (Lipinski definition) is 4. The van der Waals surface area contributed by atoms with Gasteiger partial charge in [-0.05, 0) is 87.0 Å². The third-order valence-corrected chi connectivity index (χ3v) is 8.66. The van der Waals surface area contributed by atoms with E-state index in [0.717, 1.165) is 31.4 Å². The zero-order valence-electron chi connectivity index (χ0n) is 21.1. The van der Waals surface area contributed by atoms with Crippen LogP contribution in [0.4, 0.5) is 0 Å². The maximum atomic E-state index is 13.0. The van der Waals surface area contributed by atoms with E-state index in [-0.39, 0.29) is 46.9 Å². The van der Waals surface area contributed by atoms with Crippen LogP contribution < -0.4 is 10.1 Å². The minimum Gasteiger partial charge on any atom is -0.497 e. The first kappa shape index (κ1) is 25.5. The largest absolute Gasteiger partial charge is 0.497 e. The molecular formula is C27H42N2O4. The van der Waals surface area contributed by atoms with Crippen LogP contribution in [0.5, 0.6) is 5.75 Å². The number of carbonyl (C=O) groups is 2. The van der Waals surface area contributed by atoms with Crippen molar-refractivity contribution in [2.24, 2.45) is 29.1 Å². The van der Waals surface area contributed by atoms with Gasteiger partial charge in [0.15, 0.2) is 0 Å². The molecule has 2 N–H and O–H groups in total. The standard InChI is InChI=1S/C27H42N2O4/c1-7-29(8-2)26(32)17(3)21-13-15-27(5)16-14-22(18(4)23(27)24(21)30)28-25(31)19-9-11-20(33-6)12-10-19/h9-12,17-18,21-24,30H,7-8,13-16H2,1-6H3,(H,28,31)/t17-,18+,21+,22-,23+,24-,27-/m0/s1. The molecule has 6 heteroatoms. The lowest BCUT2D eigenvalue weighted by atomic mass is 9.51. The van der Waals surface area contributed by atoms with Gasteiger partial charge < -0.3 is 20.1 Å². The molecule has 0 heterocycles. The number of nitrogens with one attached hydrogen (secondary N) is 1. The van der Waals surface area contributed by atoms with Gasteiger partial charge in [-0.2, -0.15) is 0 Å². The van der Waals surface area contributed by atoms with Crippen molar-refractivity contribution >= 4 is 11.8 Å². The maximum Gasteiger partial charge on any atom is 0.251 e. The second-order valence-corrected chi connectivity index (χ2v) is 10.4. The van der Waals surface area contributed by atoms with Gasteiger partial charge in [-0.3, -0.25) is 9.59 Å². The molecule has 2 aliphatic carbocycles. The normalized spacial score (nSPS) is 32.4. The number of ether oxygens (including phenoxy) is 1. The lowest BCUT2D eigenvalue weighted by Gasteiger charge is -2.56. The fourth-order valence-corrected chi connectivity index (χ4v) is 6.50. The van der Waals surface area contributed by atoms with Gasteiger partial charge in [0.05, 0.1) is 13.2 Å². The van der Waals surface area contributed by atoms with E-state index in [2.05, 4.69) is 19.2 Å². The Hall–Kier alpha value is -2.08. The number of nitrogens with zero attached hydrogens (tertiary/aromatic N) is 1. The average Bonchev–Trinajstić information content (AvgIpc) is 2.81. The van der Waals surface area contributed by atoms with Gasteiger partial charge in [-0.1, -0.05) is 20.8 Å². The van der Waals surface area contributed by atoms with Gasteiger partial charge in [0, 0.05) is 30.6 Å². The Kier molecular flexibility index (Phi) is 8.09. The van der Waals surface area contributed by atoms with E-state index in [4.69, 9.17) is 4.74 Å². The Labute approximate surface area is 199 Å². The SMILES string of the molecule is CCN(CC)C(=O)[C@@H](C)[C@H]1CC[C@@]2(C)CC[C@H](NC(=O)c3ccc(OC)cc3)[C@@H](C)[C@@H]2[C@H]1O. The van der Waals surface area contributed by atoms with Crippen LogP contribution in [0, 0.1) is 29.1 Å². The van der Waals surface area contributed by atoms with Crippen LogP contribution in [0.1, 0.15) is 70.7 Å². The van der Waals surface area contributed by atoms with E-state index in [0.29, 0.717) is 18.7 Å². The molecule has 0 radical (unpaired) electrons. The Morgan fingerprint density at radius 3 is 2.36 bits per heavy atom. The van der Waals surface area contributed by atoms with Crippen LogP contribution in [0.25, 0.3) is 0 Å². The van der Waals surface area contributed by atoms with E-state index in [1.54, 1.807) is 31.4 Å². The first-order valence-electron chi connectivity index (χ1n) is 12.6. The van der Waals surface area contributed by atoms with E-state index in [1.165, 1.54) is 0 Å². The molecule has 184 valence electrons. The monoisotopic (exact) mass is 458 g/mol. The zero-order chi connectivity index (χ0) is 24.3. The average molecular weight is 459 g/mol. The summed E-state index contributed by atoms with van der Waals surface area (Å²) in [7, 11) is 1.61. The first-order chi connectivity index (χ1) is 15.7. The van der Waals surface area contributed by atoms with Crippen molar-refractivity contribution < 1.29 is 19.4 Å². The van der Waals surface area contributed by atoms with Crippen LogP contribution in [0.3, 0.4) is 0 Å². The smallest absolute Gasteiger partial charge is 0.251 e. The second-order valence-electron chi connectivity index (χ2n) is 10.4. The summed E-state index contributed by atoms with van der Waals surface area (Å²) < 4.78 is 5.19. The fraction of sp³-hybridized carbons (Fsp3) is 0.704. The molecule has 2 amide bonds. The molecule has 0 saturated heterocycles. The van der Waals surface area contributed by atoms with Gasteiger partial charge in [0.2, 0.25) is 5.91 Å². The second kappa shape index (κ2) is 10.5. The third kappa shape index (κ3) is 5.06. The van der Waals surface area contributed by atoms with Crippen molar-refractivity contribution in [1.82, 2.24) is 10.2 Å². The Morgan fingerprint density at radius 1 is 1.18 bits per heavy atom. The molecule has 0 spiro atoms. The predicted molar refractivity (Wildman–Crippen MR) is 130 cm³/mol. The molecule has 3 rings (SSSR count). The van der Waals surface area contributed by atoms with Gasteiger partial charge in [-0.15, -0.1) is 0 Å². The van der Waals surface area contributed by atoms with Crippen LogP contribution >= 0.6 is 0 Å². The molecule has 2 saturated carbocycles. The van der Waals surface area contributed by atoms with Crippen molar-refractivity contribution in [3.05, 3.63) is 29.8 Å². The fourth-order valence-electron chi connectivity index (χ4n) is 6.50. The van der Waals surface area contributed by atoms with E-state index in [1.807, 2.05) is 25.7 Å². The molecule has 7 atom stereocenters. The topological polar surface area (TPSA) is 78.9 Å². The molecule has 0 aliphatic heterocycles. The third-order valence-electron chi connectivity index (χ3n) is 8.66. The Bertz CT molecular complexity index is 822. The molecule has 2 aliphatic rings. The molecule has 0 bridgehead atoms. The first-order valence-corrected chi connectivity index (χ1v) is 12.6. The quantitative estimate of drug-likeness (QED) is 0.644. The minimum atomic E-state index is -0.547. The molecule has 1 aromatic carbocycles. The van der Waals surface area contributed by atoms with Gasteiger partial charge in [0.1, 0.15) is 5.75 Å². The summed E-state index contributed by atoms with van der Waals surface area (Å²) in [6.45, 7) is 11.8. The lowest BCUT2D eigenvalue weighted by Crippen LogP contribution is -2.58. The minimum absolute atomic E-state index is 0.000124. The van der Waals surface area contributed by atoms with Crippen LogP contribution in [-0.2, 0) is 4.79 Å². The number of amides is 2. The summed E-state index contributed by atoms with van der Waals surface area (Å²) in [5, 5.41) is 14.8. The van der Waals surface area contributed by atoms with Crippen LogP contribution in [0.15, 0.2) is 24.3 Å². The number of hydrogen-bond donors (Lipinski definition) is 2.